The molecule has 118 valence electrons. The van der Waals surface area contributed by atoms with Crippen molar-refractivity contribution in [1.82, 2.24) is 10.2 Å². The number of benzene rings is 1. The zero-order valence-corrected chi connectivity index (χ0v) is 13.2. The maximum Gasteiger partial charge on any atom is 0.337 e. The number of methoxy groups -OCH3 is 1. The average Bonchev–Trinajstić information content (AvgIpc) is 2.52. The van der Waals surface area contributed by atoms with E-state index in [-0.39, 0.29) is 6.03 Å². The van der Waals surface area contributed by atoms with Crippen molar-refractivity contribution in [3.63, 3.8) is 0 Å². The molecule has 0 spiro atoms. The van der Waals surface area contributed by atoms with Gasteiger partial charge in [-0.3, -0.25) is 0 Å². The Morgan fingerprint density at radius 1 is 1.36 bits per heavy atom. The Bertz CT molecular complexity index is 624. The molecule has 0 saturated carbocycles. The largest absolute Gasteiger partial charge is 0.494 e. The van der Waals surface area contributed by atoms with E-state index in [1.165, 1.54) is 12.0 Å². The number of esters is 1. The van der Waals surface area contributed by atoms with Gasteiger partial charge in [0, 0.05) is 18.3 Å². The molecule has 1 atom stereocenters. The summed E-state index contributed by atoms with van der Waals surface area (Å²) in [4.78, 5) is 25.7. The van der Waals surface area contributed by atoms with Crippen molar-refractivity contribution in [3.8, 4) is 5.75 Å². The van der Waals surface area contributed by atoms with Crippen molar-refractivity contribution in [1.29, 1.82) is 0 Å². The zero-order valence-electron chi connectivity index (χ0n) is 13.2. The van der Waals surface area contributed by atoms with Gasteiger partial charge in [0.25, 0.3) is 0 Å². The first-order valence-corrected chi connectivity index (χ1v) is 7.06. The van der Waals surface area contributed by atoms with E-state index in [9.17, 15) is 9.59 Å². The quantitative estimate of drug-likeness (QED) is 0.866. The molecule has 0 unspecified atom stereocenters. The average molecular weight is 304 g/mol. The number of amides is 2. The van der Waals surface area contributed by atoms with Crippen LogP contribution >= 0.6 is 0 Å². The van der Waals surface area contributed by atoms with E-state index in [2.05, 4.69) is 5.32 Å². The van der Waals surface area contributed by atoms with E-state index < -0.39 is 12.0 Å². The number of allylic oxidation sites excluding steroid dienone is 1. The fourth-order valence-electron chi connectivity index (χ4n) is 2.45. The third-order valence-corrected chi connectivity index (χ3v) is 3.69. The molecule has 22 heavy (non-hydrogen) atoms. The number of hydrogen-bond acceptors (Lipinski definition) is 4. The van der Waals surface area contributed by atoms with Crippen molar-refractivity contribution in [2.75, 3.05) is 20.8 Å². The van der Waals surface area contributed by atoms with Gasteiger partial charge in [-0.1, -0.05) is 18.2 Å². The third kappa shape index (κ3) is 2.77. The van der Waals surface area contributed by atoms with Crippen molar-refractivity contribution in [2.24, 2.45) is 0 Å². The minimum atomic E-state index is -0.598. The van der Waals surface area contributed by atoms with Gasteiger partial charge in [-0.05, 0) is 19.9 Å². The van der Waals surface area contributed by atoms with Crippen molar-refractivity contribution >= 4 is 12.0 Å². The number of nitrogens with one attached hydrogen (secondary N) is 1. The van der Waals surface area contributed by atoms with Crippen LogP contribution < -0.4 is 10.1 Å². The third-order valence-electron chi connectivity index (χ3n) is 3.69. The number of carbonyl (C=O) groups is 2. The molecule has 0 fully saturated rings. The fraction of sp³-hybridized carbons (Fsp3) is 0.375. The van der Waals surface area contributed by atoms with Gasteiger partial charge in [0.1, 0.15) is 5.75 Å². The summed E-state index contributed by atoms with van der Waals surface area (Å²) in [6.45, 7) is 4.10. The van der Waals surface area contributed by atoms with E-state index in [4.69, 9.17) is 9.47 Å². The van der Waals surface area contributed by atoms with Gasteiger partial charge in [0.2, 0.25) is 0 Å². The first kappa shape index (κ1) is 15.9. The number of nitrogens with zero attached hydrogens (tertiary/aromatic N) is 1. The van der Waals surface area contributed by atoms with Gasteiger partial charge >= 0.3 is 12.0 Å². The Balaban J connectivity index is 2.57. The molecule has 1 aromatic rings. The van der Waals surface area contributed by atoms with E-state index in [0.717, 1.165) is 5.56 Å². The summed E-state index contributed by atoms with van der Waals surface area (Å²) in [6, 6.07) is 6.46. The lowest BCUT2D eigenvalue weighted by Gasteiger charge is -2.33. The molecule has 2 rings (SSSR count). The summed E-state index contributed by atoms with van der Waals surface area (Å²) in [5.41, 5.74) is 1.69. The second-order valence-electron chi connectivity index (χ2n) is 4.90. The molecule has 6 nitrogen and oxygen atoms in total. The van der Waals surface area contributed by atoms with E-state index in [0.29, 0.717) is 23.6 Å². The number of rotatable bonds is 4. The van der Waals surface area contributed by atoms with Crippen LogP contribution in [-0.4, -0.2) is 37.7 Å². The topological polar surface area (TPSA) is 67.9 Å². The van der Waals surface area contributed by atoms with Crippen molar-refractivity contribution in [2.45, 2.75) is 19.9 Å². The first-order valence-electron chi connectivity index (χ1n) is 7.06. The normalized spacial score (nSPS) is 18.1. The molecule has 0 radical (unpaired) electrons. The van der Waals surface area contributed by atoms with Crippen LogP contribution in [0.5, 0.6) is 5.75 Å². The van der Waals surface area contributed by atoms with Crippen LogP contribution in [0.3, 0.4) is 0 Å². The zero-order chi connectivity index (χ0) is 16.3. The van der Waals surface area contributed by atoms with Gasteiger partial charge in [-0.2, -0.15) is 0 Å². The second kappa shape index (κ2) is 6.51. The second-order valence-corrected chi connectivity index (χ2v) is 4.90. The SMILES string of the molecule is CCOc1ccccc1[C@@H]1NC(=O)N(C)C(C)=C1C(=O)OC. The summed E-state index contributed by atoms with van der Waals surface area (Å²) in [6.07, 6.45) is 0. The monoisotopic (exact) mass is 304 g/mol. The van der Waals surface area contributed by atoms with Crippen LogP contribution in [-0.2, 0) is 9.53 Å². The highest BCUT2D eigenvalue weighted by Crippen LogP contribution is 2.35. The van der Waals surface area contributed by atoms with Crippen molar-refractivity contribution < 1.29 is 19.1 Å². The summed E-state index contributed by atoms with van der Waals surface area (Å²) in [7, 11) is 2.93. The fourth-order valence-corrected chi connectivity index (χ4v) is 2.45. The summed E-state index contributed by atoms with van der Waals surface area (Å²) in [5.74, 6) is 0.162. The molecule has 2 amide bonds. The van der Waals surface area contributed by atoms with Crippen LogP contribution in [0.2, 0.25) is 0 Å². The lowest BCUT2D eigenvalue weighted by molar-refractivity contribution is -0.136. The minimum Gasteiger partial charge on any atom is -0.494 e. The van der Waals surface area contributed by atoms with E-state index >= 15 is 0 Å². The number of ether oxygens (including phenoxy) is 2. The summed E-state index contributed by atoms with van der Waals surface area (Å²) < 4.78 is 10.5. The Morgan fingerprint density at radius 3 is 2.68 bits per heavy atom. The number of hydrogen-bond donors (Lipinski definition) is 1. The molecule has 0 aliphatic carbocycles. The molecule has 0 saturated heterocycles. The molecule has 1 aliphatic heterocycles. The molecule has 0 aromatic heterocycles. The van der Waals surface area contributed by atoms with Crippen LogP contribution in [0.25, 0.3) is 0 Å². The van der Waals surface area contributed by atoms with E-state index in [1.807, 2.05) is 31.2 Å². The number of carbonyl (C=O) groups excluding carboxylic acids is 2. The number of urea groups is 1. The van der Waals surface area contributed by atoms with Crippen LogP contribution in [0, 0.1) is 0 Å². The Morgan fingerprint density at radius 2 is 2.05 bits per heavy atom. The molecular formula is C16H20N2O4. The highest BCUT2D eigenvalue weighted by Gasteiger charge is 2.35. The highest BCUT2D eigenvalue weighted by molar-refractivity contribution is 5.95. The maximum atomic E-state index is 12.2. The van der Waals surface area contributed by atoms with Gasteiger partial charge in [-0.25, -0.2) is 9.59 Å². The predicted octanol–water partition coefficient (Wildman–Crippen LogP) is 2.23. The van der Waals surface area contributed by atoms with Crippen LogP contribution in [0.4, 0.5) is 4.79 Å². The molecule has 1 heterocycles. The lowest BCUT2D eigenvalue weighted by atomic mass is 9.94. The van der Waals surface area contributed by atoms with Crippen LogP contribution in [0.15, 0.2) is 35.5 Å². The standard InChI is InChI=1S/C16H20N2O4/c1-5-22-12-9-7-6-8-11(12)14-13(15(19)21-4)10(2)18(3)16(20)17-14/h6-9,14H,5H2,1-4H3,(H,17,20)/t14-/m0/s1. The maximum absolute atomic E-state index is 12.2. The highest BCUT2D eigenvalue weighted by atomic mass is 16.5. The molecule has 6 heteroatoms. The van der Waals surface area contributed by atoms with Gasteiger partial charge in [0.15, 0.2) is 0 Å². The van der Waals surface area contributed by atoms with Gasteiger partial charge in [-0.15, -0.1) is 0 Å². The Labute approximate surface area is 129 Å². The molecule has 1 aromatic carbocycles. The van der Waals surface area contributed by atoms with Gasteiger partial charge < -0.3 is 19.7 Å². The van der Waals surface area contributed by atoms with Crippen LogP contribution in [0.1, 0.15) is 25.5 Å². The Hall–Kier alpha value is -2.50. The summed E-state index contributed by atoms with van der Waals surface area (Å²) >= 11 is 0. The minimum absolute atomic E-state index is 0.276. The summed E-state index contributed by atoms with van der Waals surface area (Å²) in [5, 5.41) is 2.83. The lowest BCUT2D eigenvalue weighted by Crippen LogP contribution is -2.46. The van der Waals surface area contributed by atoms with E-state index in [1.54, 1.807) is 14.0 Å². The smallest absolute Gasteiger partial charge is 0.337 e. The Kier molecular flexibility index (Phi) is 4.70. The van der Waals surface area contributed by atoms with Gasteiger partial charge in [0.05, 0.1) is 25.3 Å². The molecule has 0 bridgehead atoms. The van der Waals surface area contributed by atoms with Crippen molar-refractivity contribution in [3.05, 3.63) is 41.1 Å². The molecule has 1 aliphatic rings. The molecule has 1 N–H and O–H groups in total. The number of para-hydroxylation sites is 1. The first-order chi connectivity index (χ1) is 10.5. The molecular weight excluding hydrogens is 284 g/mol. The predicted molar refractivity (Wildman–Crippen MR) is 81.4 cm³/mol.